The number of rotatable bonds is 2. The molecule has 0 unspecified atom stereocenters. The van der Waals surface area contributed by atoms with Crippen LogP contribution in [0.25, 0.3) is 0 Å². The molecule has 0 saturated carbocycles. The highest BCUT2D eigenvalue weighted by Gasteiger charge is 2.25. The van der Waals surface area contributed by atoms with Crippen LogP contribution in [-0.2, 0) is 0 Å². The van der Waals surface area contributed by atoms with Crippen molar-refractivity contribution in [2.45, 2.75) is 6.42 Å². The minimum absolute atomic E-state index is 0.0413. The Morgan fingerprint density at radius 1 is 0.846 bits per heavy atom. The molecule has 7 heteroatoms. The highest BCUT2D eigenvalue weighted by atomic mass is 35.5. The van der Waals surface area contributed by atoms with Gasteiger partial charge in [0.15, 0.2) is 0 Å². The van der Waals surface area contributed by atoms with Crippen molar-refractivity contribution < 1.29 is 14.7 Å². The van der Waals surface area contributed by atoms with Crippen LogP contribution in [-0.4, -0.2) is 52.9 Å². The number of halogens is 2. The summed E-state index contributed by atoms with van der Waals surface area (Å²) in [6, 6.07) is 11.3. The lowest BCUT2D eigenvalue weighted by Crippen LogP contribution is -2.37. The average Bonchev–Trinajstić information content (AvgIpc) is 2.89. The number of phenolic OH excluding ortho intramolecular Hbond substituents is 1. The minimum Gasteiger partial charge on any atom is -0.507 e. The molecular formula is C19H18Cl2N2O3. The van der Waals surface area contributed by atoms with Gasteiger partial charge >= 0.3 is 0 Å². The number of aromatic hydroxyl groups is 1. The standard InChI is InChI=1S/C19H18Cl2N2O3/c20-13-6-7-16(21)15(12-13)19(26)23-9-3-8-22(10-11-23)18(25)14-4-1-2-5-17(14)24/h1-2,4-7,12,24H,3,8-11H2. The van der Waals surface area contributed by atoms with E-state index in [9.17, 15) is 14.7 Å². The molecule has 26 heavy (non-hydrogen) atoms. The lowest BCUT2D eigenvalue weighted by atomic mass is 10.1. The third-order valence-electron chi connectivity index (χ3n) is 4.36. The van der Waals surface area contributed by atoms with Gasteiger partial charge in [-0.15, -0.1) is 0 Å². The first-order chi connectivity index (χ1) is 12.5. The fourth-order valence-corrected chi connectivity index (χ4v) is 3.35. The molecule has 1 fully saturated rings. The zero-order valence-electron chi connectivity index (χ0n) is 14.0. The molecule has 0 bridgehead atoms. The summed E-state index contributed by atoms with van der Waals surface area (Å²) >= 11 is 12.1. The van der Waals surface area contributed by atoms with Crippen LogP contribution in [0, 0.1) is 0 Å². The molecule has 1 saturated heterocycles. The zero-order chi connectivity index (χ0) is 18.7. The van der Waals surface area contributed by atoms with E-state index in [1.165, 1.54) is 6.07 Å². The third kappa shape index (κ3) is 3.94. The number of carbonyl (C=O) groups is 2. The van der Waals surface area contributed by atoms with Gasteiger partial charge in [0.25, 0.3) is 11.8 Å². The molecular weight excluding hydrogens is 375 g/mol. The predicted octanol–water partition coefficient (Wildman–Crippen LogP) is 3.69. The zero-order valence-corrected chi connectivity index (χ0v) is 15.5. The van der Waals surface area contributed by atoms with E-state index in [1.807, 2.05) is 0 Å². The van der Waals surface area contributed by atoms with Crippen LogP contribution >= 0.6 is 23.2 Å². The first-order valence-electron chi connectivity index (χ1n) is 8.29. The number of hydrogen-bond donors (Lipinski definition) is 1. The molecule has 2 aromatic carbocycles. The number of hydrogen-bond acceptors (Lipinski definition) is 3. The topological polar surface area (TPSA) is 60.9 Å². The Labute approximate surface area is 161 Å². The lowest BCUT2D eigenvalue weighted by molar-refractivity contribution is 0.0717. The van der Waals surface area contributed by atoms with E-state index in [1.54, 1.807) is 46.2 Å². The average molecular weight is 393 g/mol. The van der Waals surface area contributed by atoms with E-state index >= 15 is 0 Å². The number of benzene rings is 2. The minimum atomic E-state index is -0.238. The molecule has 1 N–H and O–H groups in total. The first-order valence-corrected chi connectivity index (χ1v) is 9.04. The molecule has 2 aromatic rings. The maximum absolute atomic E-state index is 12.8. The van der Waals surface area contributed by atoms with Crippen molar-refractivity contribution in [1.82, 2.24) is 9.80 Å². The Morgan fingerprint density at radius 3 is 2.12 bits per heavy atom. The van der Waals surface area contributed by atoms with Crippen LogP contribution in [0.15, 0.2) is 42.5 Å². The summed E-state index contributed by atoms with van der Waals surface area (Å²) in [4.78, 5) is 28.7. The van der Waals surface area contributed by atoms with E-state index in [2.05, 4.69) is 0 Å². The van der Waals surface area contributed by atoms with E-state index in [-0.39, 0.29) is 23.1 Å². The molecule has 0 radical (unpaired) electrons. The molecule has 1 aliphatic rings. The Morgan fingerprint density at radius 2 is 1.46 bits per heavy atom. The highest BCUT2D eigenvalue weighted by molar-refractivity contribution is 6.35. The number of amides is 2. The summed E-state index contributed by atoms with van der Waals surface area (Å²) < 4.78 is 0. The predicted molar refractivity (Wildman–Crippen MR) is 101 cm³/mol. The van der Waals surface area contributed by atoms with Crippen molar-refractivity contribution in [1.29, 1.82) is 0 Å². The summed E-state index contributed by atoms with van der Waals surface area (Å²) in [5.74, 6) is -0.479. The van der Waals surface area contributed by atoms with Crippen molar-refractivity contribution in [3.63, 3.8) is 0 Å². The molecule has 5 nitrogen and oxygen atoms in total. The summed E-state index contributed by atoms with van der Waals surface area (Å²) in [5.41, 5.74) is 0.629. The molecule has 2 amide bonds. The Bertz CT molecular complexity index is 841. The van der Waals surface area contributed by atoms with Gasteiger partial charge < -0.3 is 14.9 Å². The van der Waals surface area contributed by atoms with Crippen LogP contribution in [0.2, 0.25) is 10.0 Å². The van der Waals surface area contributed by atoms with E-state index in [0.717, 1.165) is 0 Å². The molecule has 0 atom stereocenters. The molecule has 1 heterocycles. The quantitative estimate of drug-likeness (QED) is 0.847. The van der Waals surface area contributed by atoms with Crippen LogP contribution in [0.3, 0.4) is 0 Å². The summed E-state index contributed by atoms with van der Waals surface area (Å²) in [6.45, 7) is 1.81. The molecule has 0 spiro atoms. The van der Waals surface area contributed by atoms with Gasteiger partial charge in [-0.1, -0.05) is 35.3 Å². The van der Waals surface area contributed by atoms with E-state index in [0.29, 0.717) is 48.2 Å². The van der Waals surface area contributed by atoms with Gasteiger partial charge in [-0.2, -0.15) is 0 Å². The lowest BCUT2D eigenvalue weighted by Gasteiger charge is -2.23. The van der Waals surface area contributed by atoms with Crippen molar-refractivity contribution in [3.8, 4) is 5.75 Å². The van der Waals surface area contributed by atoms with Gasteiger partial charge in [0.2, 0.25) is 0 Å². The number of phenols is 1. The fourth-order valence-electron chi connectivity index (χ4n) is 2.98. The van der Waals surface area contributed by atoms with Gasteiger partial charge in [-0.3, -0.25) is 9.59 Å². The molecule has 0 aliphatic carbocycles. The molecule has 0 aromatic heterocycles. The van der Waals surface area contributed by atoms with Crippen LogP contribution in [0.5, 0.6) is 5.75 Å². The maximum Gasteiger partial charge on any atom is 0.257 e. The van der Waals surface area contributed by atoms with E-state index in [4.69, 9.17) is 23.2 Å². The highest BCUT2D eigenvalue weighted by Crippen LogP contribution is 2.23. The summed E-state index contributed by atoms with van der Waals surface area (Å²) in [6.07, 6.45) is 0.642. The third-order valence-corrected chi connectivity index (χ3v) is 4.93. The molecule has 3 rings (SSSR count). The van der Waals surface area contributed by atoms with Gasteiger partial charge in [-0.25, -0.2) is 0 Å². The first kappa shape index (κ1) is 18.5. The monoisotopic (exact) mass is 392 g/mol. The van der Waals surface area contributed by atoms with Crippen molar-refractivity contribution >= 4 is 35.0 Å². The Balaban J connectivity index is 1.72. The second-order valence-electron chi connectivity index (χ2n) is 6.08. The Kier molecular flexibility index (Phi) is 5.69. The molecule has 1 aliphatic heterocycles. The van der Waals surface area contributed by atoms with Gasteiger partial charge in [0, 0.05) is 31.2 Å². The van der Waals surface area contributed by atoms with Gasteiger partial charge in [0.05, 0.1) is 16.1 Å². The summed E-state index contributed by atoms with van der Waals surface area (Å²) in [5, 5.41) is 10.7. The number of nitrogens with zero attached hydrogens (tertiary/aromatic N) is 2. The van der Waals surface area contributed by atoms with Crippen molar-refractivity contribution in [3.05, 3.63) is 63.6 Å². The smallest absolute Gasteiger partial charge is 0.257 e. The molecule has 136 valence electrons. The normalized spacial score (nSPS) is 14.8. The SMILES string of the molecule is O=C(c1ccccc1O)N1CCCN(C(=O)c2cc(Cl)ccc2Cl)CC1. The van der Waals surface area contributed by atoms with Crippen LogP contribution in [0.4, 0.5) is 0 Å². The van der Waals surface area contributed by atoms with Crippen molar-refractivity contribution in [2.24, 2.45) is 0 Å². The fraction of sp³-hybridized carbons (Fsp3) is 0.263. The second-order valence-corrected chi connectivity index (χ2v) is 6.92. The van der Waals surface area contributed by atoms with Crippen LogP contribution in [0.1, 0.15) is 27.1 Å². The van der Waals surface area contributed by atoms with Gasteiger partial charge in [0.1, 0.15) is 5.75 Å². The largest absolute Gasteiger partial charge is 0.507 e. The second kappa shape index (κ2) is 7.98. The maximum atomic E-state index is 12.8. The summed E-state index contributed by atoms with van der Waals surface area (Å²) in [7, 11) is 0. The number of carbonyl (C=O) groups excluding carboxylic acids is 2. The van der Waals surface area contributed by atoms with Crippen molar-refractivity contribution in [2.75, 3.05) is 26.2 Å². The van der Waals surface area contributed by atoms with E-state index < -0.39 is 0 Å². The van der Waals surface area contributed by atoms with Crippen LogP contribution < -0.4 is 0 Å². The van der Waals surface area contributed by atoms with Gasteiger partial charge in [-0.05, 0) is 36.8 Å². The number of para-hydroxylation sites is 1. The Hall–Kier alpha value is -2.24.